The Labute approximate surface area is 195 Å². The molecule has 0 radical (unpaired) electrons. The molecular weight excluding hydrogens is 512 g/mol. The van der Waals surface area contributed by atoms with E-state index in [1.165, 1.54) is 0 Å². The second kappa shape index (κ2) is 12.9. The zero-order valence-electron chi connectivity index (χ0n) is 17.4. The molecule has 0 aromatic heterocycles. The third-order valence-corrected chi connectivity index (χ3v) is 5.77. The van der Waals surface area contributed by atoms with Crippen LogP contribution in [0.3, 0.4) is 0 Å². The number of unbranched alkanes of at least 4 members (excludes halogenated alkanes) is 3. The van der Waals surface area contributed by atoms with Crippen LogP contribution in [-0.2, 0) is 9.47 Å². The summed E-state index contributed by atoms with van der Waals surface area (Å²) >= 11 is 6.73. The normalized spacial score (nSPS) is 12.8. The smallest absolute Gasteiger partial charge is 0.338 e. The Morgan fingerprint density at radius 3 is 1.80 bits per heavy atom. The Balaban J connectivity index is 1.96. The molecule has 0 heterocycles. The average molecular weight is 540 g/mol. The maximum atomic E-state index is 12.6. The van der Waals surface area contributed by atoms with Gasteiger partial charge in [0.05, 0.1) is 11.1 Å². The predicted molar refractivity (Wildman–Crippen MR) is 126 cm³/mol. The van der Waals surface area contributed by atoms with Crippen LogP contribution >= 0.6 is 31.9 Å². The van der Waals surface area contributed by atoms with Crippen LogP contribution in [0.5, 0.6) is 0 Å². The molecule has 0 bridgehead atoms. The molecule has 0 saturated carbocycles. The largest absolute Gasteiger partial charge is 0.459 e. The molecule has 0 aliphatic rings. The van der Waals surface area contributed by atoms with Gasteiger partial charge >= 0.3 is 11.9 Å². The van der Waals surface area contributed by atoms with E-state index in [1.807, 2.05) is 19.1 Å². The summed E-state index contributed by atoms with van der Waals surface area (Å²) in [7, 11) is 0. The molecule has 0 aliphatic heterocycles. The summed E-state index contributed by atoms with van der Waals surface area (Å²) in [5, 5.41) is 0. The fraction of sp³-hybridized carbons (Fsp3) is 0.417. The molecule has 2 rings (SSSR count). The Kier molecular flexibility index (Phi) is 10.6. The zero-order chi connectivity index (χ0) is 21.9. The zero-order valence-corrected chi connectivity index (χ0v) is 20.6. The van der Waals surface area contributed by atoms with Crippen LogP contribution in [0.15, 0.2) is 57.5 Å². The maximum Gasteiger partial charge on any atom is 0.338 e. The van der Waals surface area contributed by atoms with Crippen molar-refractivity contribution in [2.75, 3.05) is 0 Å². The summed E-state index contributed by atoms with van der Waals surface area (Å²) in [6, 6.07) is 14.1. The summed E-state index contributed by atoms with van der Waals surface area (Å²) in [5.41, 5.74) is 1.01. The molecule has 4 nitrogen and oxygen atoms in total. The van der Waals surface area contributed by atoms with E-state index in [-0.39, 0.29) is 24.1 Å². The van der Waals surface area contributed by atoms with Crippen LogP contribution in [0.2, 0.25) is 0 Å². The lowest BCUT2D eigenvalue weighted by Crippen LogP contribution is -2.26. The molecular formula is C24H28Br2O4. The van der Waals surface area contributed by atoms with E-state index in [1.54, 1.807) is 36.4 Å². The number of carbonyl (C=O) groups excluding carboxylic acids is 2. The minimum absolute atomic E-state index is 0.300. The molecule has 0 saturated heterocycles. The van der Waals surface area contributed by atoms with Crippen LogP contribution in [0, 0.1) is 0 Å². The van der Waals surface area contributed by atoms with E-state index >= 15 is 0 Å². The van der Waals surface area contributed by atoms with E-state index in [0.29, 0.717) is 17.5 Å². The predicted octanol–water partition coefficient (Wildman–Crippen LogP) is 7.34. The lowest BCUT2D eigenvalue weighted by atomic mass is 10.0. The van der Waals surface area contributed by atoms with E-state index < -0.39 is 0 Å². The molecule has 30 heavy (non-hydrogen) atoms. The Bertz CT molecular complexity index is 803. The topological polar surface area (TPSA) is 52.6 Å². The summed E-state index contributed by atoms with van der Waals surface area (Å²) in [4.78, 5) is 24.9. The first-order valence-electron chi connectivity index (χ1n) is 10.3. The van der Waals surface area contributed by atoms with Crippen molar-refractivity contribution in [2.24, 2.45) is 0 Å². The summed E-state index contributed by atoms with van der Waals surface area (Å²) in [5.74, 6) is -0.728. The van der Waals surface area contributed by atoms with Crippen LogP contribution < -0.4 is 0 Å². The Hall–Kier alpha value is -1.66. The molecule has 0 amide bonds. The number of ether oxygens (including phenoxy) is 2. The molecule has 162 valence electrons. The van der Waals surface area contributed by atoms with Gasteiger partial charge in [0.1, 0.15) is 12.2 Å². The first-order valence-corrected chi connectivity index (χ1v) is 11.9. The van der Waals surface area contributed by atoms with Gasteiger partial charge in [-0.1, -0.05) is 58.0 Å². The van der Waals surface area contributed by atoms with Crippen molar-refractivity contribution in [2.45, 2.75) is 64.6 Å². The Morgan fingerprint density at radius 2 is 1.30 bits per heavy atom. The number of halogens is 2. The van der Waals surface area contributed by atoms with Gasteiger partial charge in [-0.25, -0.2) is 9.59 Å². The molecule has 6 heteroatoms. The molecule has 0 unspecified atom stereocenters. The van der Waals surface area contributed by atoms with Gasteiger partial charge in [-0.2, -0.15) is 0 Å². The van der Waals surface area contributed by atoms with Gasteiger partial charge in [0, 0.05) is 15.4 Å². The van der Waals surface area contributed by atoms with Crippen molar-refractivity contribution in [3.8, 4) is 0 Å². The summed E-state index contributed by atoms with van der Waals surface area (Å²) in [6.07, 6.45) is 4.92. The molecule has 2 aromatic carbocycles. The van der Waals surface area contributed by atoms with Gasteiger partial charge < -0.3 is 9.47 Å². The number of rotatable bonds is 11. The number of esters is 2. The van der Waals surface area contributed by atoms with Gasteiger partial charge in [-0.15, -0.1) is 0 Å². The molecule has 0 aliphatic carbocycles. The second-order valence-corrected chi connectivity index (χ2v) is 9.17. The number of hydrogen-bond donors (Lipinski definition) is 0. The highest BCUT2D eigenvalue weighted by Crippen LogP contribution is 2.19. The maximum absolute atomic E-state index is 12.6. The monoisotopic (exact) mass is 538 g/mol. The molecule has 0 spiro atoms. The van der Waals surface area contributed by atoms with Crippen molar-refractivity contribution in [1.82, 2.24) is 0 Å². The highest BCUT2D eigenvalue weighted by Gasteiger charge is 2.21. The standard InChI is InChI=1S/C24H28Br2O4/c1-3-4-5-6-7-22(30-24(28)19-10-14-21(26)15-11-19)16-17(2)29-23(27)18-8-12-20(25)13-9-18/h8-15,17,22H,3-7,16H2,1-2H3/t17-,22-/m0/s1. The second-order valence-electron chi connectivity index (χ2n) is 7.34. The fourth-order valence-corrected chi connectivity index (χ4v) is 3.61. The van der Waals surface area contributed by atoms with Crippen LogP contribution in [-0.4, -0.2) is 24.1 Å². The van der Waals surface area contributed by atoms with Gasteiger partial charge in [0.15, 0.2) is 0 Å². The minimum Gasteiger partial charge on any atom is -0.459 e. The number of carbonyl (C=O) groups is 2. The third kappa shape index (κ3) is 8.60. The fourth-order valence-electron chi connectivity index (χ4n) is 3.08. The summed E-state index contributed by atoms with van der Waals surface area (Å²) in [6.45, 7) is 4.00. The van der Waals surface area contributed by atoms with Crippen LogP contribution in [0.1, 0.15) is 73.1 Å². The van der Waals surface area contributed by atoms with Gasteiger partial charge in [-0.3, -0.25) is 0 Å². The summed E-state index contributed by atoms with van der Waals surface area (Å²) < 4.78 is 13.2. The van der Waals surface area contributed by atoms with E-state index in [0.717, 1.165) is 41.0 Å². The van der Waals surface area contributed by atoms with Crippen molar-refractivity contribution >= 4 is 43.8 Å². The number of benzene rings is 2. The van der Waals surface area contributed by atoms with Gasteiger partial charge in [0.25, 0.3) is 0 Å². The minimum atomic E-state index is -0.376. The highest BCUT2D eigenvalue weighted by atomic mass is 79.9. The van der Waals surface area contributed by atoms with Crippen molar-refractivity contribution in [3.05, 3.63) is 68.6 Å². The van der Waals surface area contributed by atoms with E-state index in [9.17, 15) is 9.59 Å². The van der Waals surface area contributed by atoms with E-state index in [2.05, 4.69) is 38.8 Å². The average Bonchev–Trinajstić information content (AvgIpc) is 2.71. The number of hydrogen-bond acceptors (Lipinski definition) is 4. The van der Waals surface area contributed by atoms with E-state index in [4.69, 9.17) is 9.47 Å². The van der Waals surface area contributed by atoms with Crippen LogP contribution in [0.25, 0.3) is 0 Å². The molecule has 0 N–H and O–H groups in total. The lowest BCUT2D eigenvalue weighted by molar-refractivity contribution is 0.00120. The quantitative estimate of drug-likeness (QED) is 0.221. The third-order valence-electron chi connectivity index (χ3n) is 4.72. The first-order chi connectivity index (χ1) is 14.4. The molecule has 0 fully saturated rings. The highest BCUT2D eigenvalue weighted by molar-refractivity contribution is 9.10. The van der Waals surface area contributed by atoms with Crippen molar-refractivity contribution in [3.63, 3.8) is 0 Å². The van der Waals surface area contributed by atoms with Gasteiger partial charge in [0.2, 0.25) is 0 Å². The molecule has 2 aromatic rings. The van der Waals surface area contributed by atoms with Gasteiger partial charge in [-0.05, 0) is 68.3 Å². The lowest BCUT2D eigenvalue weighted by Gasteiger charge is -2.22. The van der Waals surface area contributed by atoms with Crippen molar-refractivity contribution < 1.29 is 19.1 Å². The van der Waals surface area contributed by atoms with Crippen molar-refractivity contribution in [1.29, 1.82) is 0 Å². The first kappa shape index (κ1) is 24.6. The molecule has 2 atom stereocenters. The Morgan fingerprint density at radius 1 is 0.800 bits per heavy atom. The SMILES string of the molecule is CCCCCC[C@@H](C[C@H](C)OC(=O)c1ccc(Br)cc1)OC(=O)c1ccc(Br)cc1. The van der Waals surface area contributed by atoms with Crippen LogP contribution in [0.4, 0.5) is 0 Å².